The minimum atomic E-state index is 0.0227. The number of urea groups is 1. The summed E-state index contributed by atoms with van der Waals surface area (Å²) in [6.07, 6.45) is 2.02. The van der Waals surface area contributed by atoms with Gasteiger partial charge in [0.2, 0.25) is 0 Å². The summed E-state index contributed by atoms with van der Waals surface area (Å²) in [7, 11) is 0. The first-order valence-electron chi connectivity index (χ1n) is 5.45. The van der Waals surface area contributed by atoms with Gasteiger partial charge in [-0.3, -0.25) is 4.90 Å². The number of hydrogen-bond acceptors (Lipinski definition) is 1. The summed E-state index contributed by atoms with van der Waals surface area (Å²) in [5.74, 6) is 0. The molecule has 0 radical (unpaired) electrons. The number of carbonyl (C=O) groups is 1. The van der Waals surface area contributed by atoms with Crippen LogP contribution in [0.1, 0.15) is 18.9 Å². The van der Waals surface area contributed by atoms with Gasteiger partial charge in [-0.15, -0.1) is 0 Å². The van der Waals surface area contributed by atoms with Gasteiger partial charge in [0.15, 0.2) is 0 Å². The number of carbonyl (C=O) groups excluding carboxylic acids is 1. The maximum absolute atomic E-state index is 11.6. The van der Waals surface area contributed by atoms with Crippen molar-refractivity contribution < 1.29 is 4.79 Å². The van der Waals surface area contributed by atoms with Gasteiger partial charge in [-0.1, -0.05) is 19.1 Å². The SMILES string of the molecule is CCc1cccc(N2CCCNC2=O)c1. The molecule has 0 atom stereocenters. The molecule has 2 amide bonds. The van der Waals surface area contributed by atoms with Crippen LogP contribution in [0.5, 0.6) is 0 Å². The van der Waals surface area contributed by atoms with Crippen LogP contribution in [0.25, 0.3) is 0 Å². The second-order valence-corrected chi connectivity index (χ2v) is 3.76. The average Bonchev–Trinajstić information content (AvgIpc) is 2.30. The van der Waals surface area contributed by atoms with E-state index in [4.69, 9.17) is 0 Å². The molecule has 0 unspecified atom stereocenters. The number of rotatable bonds is 2. The van der Waals surface area contributed by atoms with Gasteiger partial charge in [-0.25, -0.2) is 4.79 Å². The molecular weight excluding hydrogens is 188 g/mol. The molecule has 3 heteroatoms. The summed E-state index contributed by atoms with van der Waals surface area (Å²) in [6, 6.07) is 8.20. The number of hydrogen-bond donors (Lipinski definition) is 1. The lowest BCUT2D eigenvalue weighted by atomic mass is 10.1. The third kappa shape index (κ3) is 2.12. The molecule has 1 fully saturated rings. The number of nitrogens with one attached hydrogen (secondary N) is 1. The van der Waals surface area contributed by atoms with Crippen molar-refractivity contribution >= 4 is 11.7 Å². The van der Waals surface area contributed by atoms with E-state index in [1.165, 1.54) is 5.56 Å². The average molecular weight is 204 g/mol. The van der Waals surface area contributed by atoms with Gasteiger partial charge in [0.05, 0.1) is 0 Å². The van der Waals surface area contributed by atoms with Crippen LogP contribution >= 0.6 is 0 Å². The number of anilines is 1. The van der Waals surface area contributed by atoms with E-state index in [1.54, 1.807) is 0 Å². The molecule has 1 aliphatic rings. The van der Waals surface area contributed by atoms with Crippen LogP contribution in [0.4, 0.5) is 10.5 Å². The molecular formula is C12H16N2O. The summed E-state index contributed by atoms with van der Waals surface area (Å²) < 4.78 is 0. The van der Waals surface area contributed by atoms with Crippen LogP contribution in [0.2, 0.25) is 0 Å². The fraction of sp³-hybridized carbons (Fsp3) is 0.417. The second kappa shape index (κ2) is 4.34. The highest BCUT2D eigenvalue weighted by Gasteiger charge is 2.18. The Morgan fingerprint density at radius 2 is 2.33 bits per heavy atom. The van der Waals surface area contributed by atoms with Crippen LogP contribution < -0.4 is 10.2 Å². The van der Waals surface area contributed by atoms with E-state index >= 15 is 0 Å². The zero-order chi connectivity index (χ0) is 10.7. The molecule has 1 heterocycles. The van der Waals surface area contributed by atoms with E-state index in [1.807, 2.05) is 17.0 Å². The zero-order valence-electron chi connectivity index (χ0n) is 8.99. The summed E-state index contributed by atoms with van der Waals surface area (Å²) in [6.45, 7) is 3.73. The molecule has 0 aromatic heterocycles. The molecule has 0 bridgehead atoms. The molecule has 3 nitrogen and oxygen atoms in total. The number of nitrogens with zero attached hydrogens (tertiary/aromatic N) is 1. The van der Waals surface area contributed by atoms with Crippen LogP contribution in [0.3, 0.4) is 0 Å². The highest BCUT2D eigenvalue weighted by molar-refractivity contribution is 5.92. The van der Waals surface area contributed by atoms with E-state index in [9.17, 15) is 4.79 Å². The Morgan fingerprint density at radius 1 is 1.47 bits per heavy atom. The highest BCUT2D eigenvalue weighted by atomic mass is 16.2. The van der Waals surface area contributed by atoms with Gasteiger partial charge < -0.3 is 5.32 Å². The van der Waals surface area contributed by atoms with Gasteiger partial charge in [0.1, 0.15) is 0 Å². The molecule has 1 aliphatic heterocycles. The third-order valence-corrected chi connectivity index (χ3v) is 2.71. The van der Waals surface area contributed by atoms with Crippen molar-refractivity contribution in [1.82, 2.24) is 5.32 Å². The van der Waals surface area contributed by atoms with E-state index < -0.39 is 0 Å². The lowest BCUT2D eigenvalue weighted by Crippen LogP contribution is -2.46. The molecule has 0 aliphatic carbocycles. The summed E-state index contributed by atoms with van der Waals surface area (Å²) in [4.78, 5) is 13.4. The van der Waals surface area contributed by atoms with E-state index in [0.29, 0.717) is 0 Å². The Kier molecular flexibility index (Phi) is 2.90. The molecule has 0 spiro atoms. The van der Waals surface area contributed by atoms with Gasteiger partial charge in [0, 0.05) is 18.8 Å². The lowest BCUT2D eigenvalue weighted by Gasteiger charge is -2.27. The number of amides is 2. The number of aryl methyl sites for hydroxylation is 1. The maximum atomic E-state index is 11.6. The normalized spacial score (nSPS) is 16.3. The van der Waals surface area contributed by atoms with Gasteiger partial charge in [0.25, 0.3) is 0 Å². The topological polar surface area (TPSA) is 32.3 Å². The van der Waals surface area contributed by atoms with Gasteiger partial charge in [-0.2, -0.15) is 0 Å². The Hall–Kier alpha value is -1.51. The standard InChI is InChI=1S/C12H16N2O/c1-2-10-5-3-6-11(9-10)14-8-4-7-13-12(14)15/h3,5-6,9H,2,4,7-8H2,1H3,(H,13,15). The first-order chi connectivity index (χ1) is 7.31. The van der Waals surface area contributed by atoms with Gasteiger partial charge in [-0.05, 0) is 30.5 Å². The Labute approximate surface area is 90.1 Å². The van der Waals surface area contributed by atoms with Crippen molar-refractivity contribution in [1.29, 1.82) is 0 Å². The summed E-state index contributed by atoms with van der Waals surface area (Å²) in [5, 5.41) is 2.86. The molecule has 1 aromatic carbocycles. The van der Waals surface area contributed by atoms with Crippen molar-refractivity contribution in [2.45, 2.75) is 19.8 Å². The molecule has 15 heavy (non-hydrogen) atoms. The van der Waals surface area contributed by atoms with Crippen molar-refractivity contribution in [3.63, 3.8) is 0 Å². The van der Waals surface area contributed by atoms with Crippen molar-refractivity contribution in [2.24, 2.45) is 0 Å². The lowest BCUT2D eigenvalue weighted by molar-refractivity contribution is 0.243. The molecule has 1 N–H and O–H groups in total. The third-order valence-electron chi connectivity index (χ3n) is 2.71. The minimum absolute atomic E-state index is 0.0227. The molecule has 1 aromatic rings. The van der Waals surface area contributed by atoms with E-state index in [0.717, 1.165) is 31.6 Å². The zero-order valence-corrected chi connectivity index (χ0v) is 8.99. The maximum Gasteiger partial charge on any atom is 0.321 e. The Balaban J connectivity index is 2.23. The van der Waals surface area contributed by atoms with E-state index in [-0.39, 0.29) is 6.03 Å². The summed E-state index contributed by atoms with van der Waals surface area (Å²) in [5.41, 5.74) is 2.28. The first kappa shape index (κ1) is 10.0. The van der Waals surface area contributed by atoms with Crippen molar-refractivity contribution in [3.8, 4) is 0 Å². The van der Waals surface area contributed by atoms with Crippen LogP contribution in [0, 0.1) is 0 Å². The highest BCUT2D eigenvalue weighted by Crippen LogP contribution is 2.18. The molecule has 0 saturated carbocycles. The fourth-order valence-electron chi connectivity index (χ4n) is 1.82. The number of benzene rings is 1. The Bertz CT molecular complexity index is 362. The van der Waals surface area contributed by atoms with Crippen molar-refractivity contribution in [3.05, 3.63) is 29.8 Å². The van der Waals surface area contributed by atoms with Crippen LogP contribution in [-0.2, 0) is 6.42 Å². The monoisotopic (exact) mass is 204 g/mol. The van der Waals surface area contributed by atoms with E-state index in [2.05, 4.69) is 24.4 Å². The fourth-order valence-corrected chi connectivity index (χ4v) is 1.82. The predicted molar refractivity (Wildman–Crippen MR) is 61.2 cm³/mol. The second-order valence-electron chi connectivity index (χ2n) is 3.76. The minimum Gasteiger partial charge on any atom is -0.338 e. The molecule has 80 valence electrons. The Morgan fingerprint density at radius 3 is 3.07 bits per heavy atom. The smallest absolute Gasteiger partial charge is 0.321 e. The molecule has 1 saturated heterocycles. The molecule has 2 rings (SSSR count). The first-order valence-corrected chi connectivity index (χ1v) is 5.45. The largest absolute Gasteiger partial charge is 0.338 e. The quantitative estimate of drug-likeness (QED) is 0.786. The van der Waals surface area contributed by atoms with Crippen LogP contribution in [-0.4, -0.2) is 19.1 Å². The van der Waals surface area contributed by atoms with Crippen LogP contribution in [0.15, 0.2) is 24.3 Å². The predicted octanol–water partition coefficient (Wildman–Crippen LogP) is 2.17. The van der Waals surface area contributed by atoms with Crippen molar-refractivity contribution in [2.75, 3.05) is 18.0 Å². The van der Waals surface area contributed by atoms with Gasteiger partial charge >= 0.3 is 6.03 Å². The summed E-state index contributed by atoms with van der Waals surface area (Å²) >= 11 is 0.